The summed E-state index contributed by atoms with van der Waals surface area (Å²) in [7, 11) is 1.67. The number of methoxy groups -OCH3 is 1. The van der Waals surface area contributed by atoms with Gasteiger partial charge in [-0.1, -0.05) is 19.1 Å². The minimum absolute atomic E-state index is 0. The fourth-order valence-corrected chi connectivity index (χ4v) is 1.45. The first-order valence-electron chi connectivity index (χ1n) is 5.84. The SMILES string of the molecule is CCCNC(N)=NCc1ccc(C)c(OC)c1.I. The monoisotopic (exact) mass is 363 g/mol. The molecule has 0 saturated carbocycles. The van der Waals surface area contributed by atoms with E-state index in [0.29, 0.717) is 12.5 Å². The number of aryl methyl sites for hydroxylation is 1. The number of hydrogen-bond donors (Lipinski definition) is 2. The highest BCUT2D eigenvalue weighted by atomic mass is 127. The summed E-state index contributed by atoms with van der Waals surface area (Å²) < 4.78 is 5.26. The lowest BCUT2D eigenvalue weighted by molar-refractivity contribution is 0.411. The van der Waals surface area contributed by atoms with Gasteiger partial charge in [-0.3, -0.25) is 0 Å². The van der Waals surface area contributed by atoms with Crippen molar-refractivity contribution in [2.75, 3.05) is 13.7 Å². The topological polar surface area (TPSA) is 59.6 Å². The van der Waals surface area contributed by atoms with Crippen molar-refractivity contribution in [3.63, 3.8) is 0 Å². The first kappa shape index (κ1) is 17.0. The van der Waals surface area contributed by atoms with Crippen LogP contribution in [-0.2, 0) is 6.54 Å². The molecule has 0 spiro atoms. The Hall–Kier alpha value is -0.980. The highest BCUT2D eigenvalue weighted by Gasteiger charge is 1.99. The van der Waals surface area contributed by atoms with Gasteiger partial charge in [0.1, 0.15) is 5.75 Å². The molecular formula is C13H22IN3O. The highest BCUT2D eigenvalue weighted by Crippen LogP contribution is 2.19. The van der Waals surface area contributed by atoms with Crippen LogP contribution in [-0.4, -0.2) is 19.6 Å². The average Bonchev–Trinajstić information content (AvgIpc) is 2.35. The molecule has 102 valence electrons. The van der Waals surface area contributed by atoms with Crippen LogP contribution in [0.4, 0.5) is 0 Å². The largest absolute Gasteiger partial charge is 0.496 e. The van der Waals surface area contributed by atoms with E-state index in [1.165, 1.54) is 0 Å². The van der Waals surface area contributed by atoms with Crippen molar-refractivity contribution in [2.24, 2.45) is 10.7 Å². The maximum absolute atomic E-state index is 5.72. The molecule has 0 aliphatic rings. The summed E-state index contributed by atoms with van der Waals surface area (Å²) in [5, 5.41) is 3.04. The average molecular weight is 363 g/mol. The van der Waals surface area contributed by atoms with Gasteiger partial charge in [0.2, 0.25) is 0 Å². The Kier molecular flexibility index (Phi) is 8.53. The third-order valence-electron chi connectivity index (χ3n) is 2.46. The maximum atomic E-state index is 5.72. The molecule has 3 N–H and O–H groups in total. The number of nitrogens with one attached hydrogen (secondary N) is 1. The molecule has 18 heavy (non-hydrogen) atoms. The van der Waals surface area contributed by atoms with Crippen LogP contribution in [0.15, 0.2) is 23.2 Å². The van der Waals surface area contributed by atoms with Crippen molar-refractivity contribution in [1.82, 2.24) is 5.32 Å². The van der Waals surface area contributed by atoms with Gasteiger partial charge in [-0.2, -0.15) is 0 Å². The van der Waals surface area contributed by atoms with E-state index in [1.54, 1.807) is 7.11 Å². The van der Waals surface area contributed by atoms with Crippen LogP contribution in [0.3, 0.4) is 0 Å². The first-order valence-corrected chi connectivity index (χ1v) is 5.84. The van der Waals surface area contributed by atoms with Crippen LogP contribution < -0.4 is 15.8 Å². The van der Waals surface area contributed by atoms with Crippen LogP contribution in [0.5, 0.6) is 5.75 Å². The number of halogens is 1. The molecule has 0 heterocycles. The first-order chi connectivity index (χ1) is 8.17. The second-order valence-corrected chi connectivity index (χ2v) is 3.93. The Morgan fingerprint density at radius 1 is 1.44 bits per heavy atom. The molecule has 4 nitrogen and oxygen atoms in total. The number of benzene rings is 1. The van der Waals surface area contributed by atoms with Crippen molar-refractivity contribution in [2.45, 2.75) is 26.8 Å². The number of guanidine groups is 1. The van der Waals surface area contributed by atoms with E-state index in [9.17, 15) is 0 Å². The second kappa shape index (κ2) is 9.02. The zero-order valence-corrected chi connectivity index (χ0v) is 13.5. The van der Waals surface area contributed by atoms with Gasteiger partial charge in [0.25, 0.3) is 0 Å². The standard InChI is InChI=1S/C13H21N3O.HI/c1-4-7-15-13(14)16-9-11-6-5-10(2)12(8-11)17-3;/h5-6,8H,4,7,9H2,1-3H3,(H3,14,15,16);1H. The van der Waals surface area contributed by atoms with Gasteiger partial charge in [0.15, 0.2) is 5.96 Å². The summed E-state index contributed by atoms with van der Waals surface area (Å²) >= 11 is 0. The fourth-order valence-electron chi connectivity index (χ4n) is 1.45. The lowest BCUT2D eigenvalue weighted by Gasteiger charge is -2.07. The summed E-state index contributed by atoms with van der Waals surface area (Å²) in [5.41, 5.74) is 7.93. The summed E-state index contributed by atoms with van der Waals surface area (Å²) in [6.07, 6.45) is 1.04. The van der Waals surface area contributed by atoms with Gasteiger partial charge in [0, 0.05) is 6.54 Å². The minimum atomic E-state index is 0. The van der Waals surface area contributed by atoms with E-state index in [-0.39, 0.29) is 24.0 Å². The van der Waals surface area contributed by atoms with E-state index in [1.807, 2.05) is 25.1 Å². The predicted octanol–water partition coefficient (Wildman–Crippen LogP) is 2.44. The van der Waals surface area contributed by atoms with Crippen molar-refractivity contribution in [1.29, 1.82) is 0 Å². The molecule has 0 unspecified atom stereocenters. The highest BCUT2D eigenvalue weighted by molar-refractivity contribution is 14.0. The summed E-state index contributed by atoms with van der Waals surface area (Å²) in [4.78, 5) is 4.26. The van der Waals surface area contributed by atoms with Crippen LogP contribution in [0.2, 0.25) is 0 Å². The second-order valence-electron chi connectivity index (χ2n) is 3.93. The summed E-state index contributed by atoms with van der Waals surface area (Å²) in [5.74, 6) is 1.38. The molecule has 0 aliphatic heterocycles. The number of nitrogens with zero attached hydrogens (tertiary/aromatic N) is 1. The molecule has 1 aromatic carbocycles. The molecular weight excluding hydrogens is 341 g/mol. The van der Waals surface area contributed by atoms with Gasteiger partial charge in [-0.05, 0) is 30.5 Å². The lowest BCUT2D eigenvalue weighted by Crippen LogP contribution is -2.32. The molecule has 0 radical (unpaired) electrons. The Balaban J connectivity index is 0.00000289. The molecule has 0 saturated heterocycles. The lowest BCUT2D eigenvalue weighted by atomic mass is 10.1. The van der Waals surface area contributed by atoms with Gasteiger partial charge < -0.3 is 15.8 Å². The van der Waals surface area contributed by atoms with Crippen molar-refractivity contribution in [3.05, 3.63) is 29.3 Å². The zero-order valence-electron chi connectivity index (χ0n) is 11.2. The van der Waals surface area contributed by atoms with E-state index in [0.717, 1.165) is 29.8 Å². The number of rotatable bonds is 5. The predicted molar refractivity (Wildman–Crippen MR) is 86.8 cm³/mol. The number of aliphatic imine (C=N–C) groups is 1. The Morgan fingerprint density at radius 3 is 2.78 bits per heavy atom. The van der Waals surface area contributed by atoms with Gasteiger partial charge in [-0.15, -0.1) is 24.0 Å². The quantitative estimate of drug-likeness (QED) is 0.480. The van der Waals surface area contributed by atoms with Crippen molar-refractivity contribution in [3.8, 4) is 5.75 Å². The Morgan fingerprint density at radius 2 is 2.17 bits per heavy atom. The van der Waals surface area contributed by atoms with E-state index in [4.69, 9.17) is 10.5 Å². The molecule has 0 fully saturated rings. The van der Waals surface area contributed by atoms with Gasteiger partial charge in [0.05, 0.1) is 13.7 Å². The number of hydrogen-bond acceptors (Lipinski definition) is 2. The smallest absolute Gasteiger partial charge is 0.188 e. The molecule has 0 aliphatic carbocycles. The zero-order chi connectivity index (χ0) is 12.7. The van der Waals surface area contributed by atoms with E-state index < -0.39 is 0 Å². The minimum Gasteiger partial charge on any atom is -0.496 e. The fraction of sp³-hybridized carbons (Fsp3) is 0.462. The Bertz CT molecular complexity index is 394. The third kappa shape index (κ3) is 5.57. The molecule has 0 bridgehead atoms. The maximum Gasteiger partial charge on any atom is 0.188 e. The van der Waals surface area contributed by atoms with Crippen molar-refractivity contribution >= 4 is 29.9 Å². The molecule has 1 rings (SSSR count). The number of ether oxygens (including phenoxy) is 1. The van der Waals surface area contributed by atoms with Crippen molar-refractivity contribution < 1.29 is 4.74 Å². The van der Waals surface area contributed by atoms with Gasteiger partial charge in [-0.25, -0.2) is 4.99 Å². The normalized spacial score (nSPS) is 10.7. The van der Waals surface area contributed by atoms with Crippen LogP contribution in [0.1, 0.15) is 24.5 Å². The number of nitrogens with two attached hydrogens (primary N) is 1. The van der Waals surface area contributed by atoms with Crippen LogP contribution >= 0.6 is 24.0 Å². The van der Waals surface area contributed by atoms with E-state index >= 15 is 0 Å². The summed E-state index contributed by atoms with van der Waals surface area (Å²) in [6.45, 7) is 5.53. The molecule has 0 atom stereocenters. The molecule has 0 amide bonds. The van der Waals surface area contributed by atoms with Crippen LogP contribution in [0.25, 0.3) is 0 Å². The third-order valence-corrected chi connectivity index (χ3v) is 2.46. The molecule has 5 heteroatoms. The Labute approximate surface area is 126 Å². The van der Waals surface area contributed by atoms with Gasteiger partial charge >= 0.3 is 0 Å². The molecule has 0 aromatic heterocycles. The van der Waals surface area contributed by atoms with Crippen LogP contribution in [0, 0.1) is 6.92 Å². The van der Waals surface area contributed by atoms with E-state index in [2.05, 4.69) is 17.2 Å². The summed E-state index contributed by atoms with van der Waals surface area (Å²) in [6, 6.07) is 6.06. The molecule has 1 aromatic rings.